The monoisotopic (exact) mass is 493 g/mol. The number of carbonyl (C=O) groups excluding carboxylic acids is 1. The van der Waals surface area contributed by atoms with Crippen molar-refractivity contribution in [2.24, 2.45) is 0 Å². The van der Waals surface area contributed by atoms with E-state index in [-0.39, 0.29) is 5.91 Å². The van der Waals surface area contributed by atoms with Crippen molar-refractivity contribution in [3.63, 3.8) is 0 Å². The Morgan fingerprint density at radius 1 is 0.971 bits per heavy atom. The quantitative estimate of drug-likeness (QED) is 0.273. The van der Waals surface area contributed by atoms with E-state index in [0.29, 0.717) is 27.4 Å². The number of methoxy groups -OCH3 is 2. The highest BCUT2D eigenvalue weighted by molar-refractivity contribution is 8.00. The number of rotatable bonds is 8. The van der Waals surface area contributed by atoms with E-state index in [2.05, 4.69) is 10.3 Å². The summed E-state index contributed by atoms with van der Waals surface area (Å²) >= 11 is 7.58. The van der Waals surface area contributed by atoms with Crippen LogP contribution in [-0.4, -0.2) is 35.3 Å². The van der Waals surface area contributed by atoms with Gasteiger partial charge in [-0.15, -0.1) is 0 Å². The Kier molecular flexibility index (Phi) is 7.45. The largest absolute Gasteiger partial charge is 0.495 e. The molecule has 3 aromatic carbocycles. The number of hydrogen-bond acceptors (Lipinski definition) is 5. The summed E-state index contributed by atoms with van der Waals surface area (Å²) in [5.41, 5.74) is 4.24. The van der Waals surface area contributed by atoms with E-state index in [0.717, 1.165) is 22.5 Å². The van der Waals surface area contributed by atoms with E-state index in [9.17, 15) is 4.79 Å². The molecule has 1 amide bonds. The van der Waals surface area contributed by atoms with Gasteiger partial charge in [0.15, 0.2) is 5.16 Å². The zero-order chi connectivity index (χ0) is 24.1. The van der Waals surface area contributed by atoms with Crippen LogP contribution in [0.25, 0.3) is 22.5 Å². The molecule has 0 saturated heterocycles. The van der Waals surface area contributed by atoms with Gasteiger partial charge in [-0.25, -0.2) is 4.98 Å². The highest BCUT2D eigenvalue weighted by Gasteiger charge is 2.21. The smallest absolute Gasteiger partial charge is 0.237 e. The Hall–Kier alpha value is -3.42. The Morgan fingerprint density at radius 2 is 1.59 bits per heavy atom. The first kappa shape index (κ1) is 23.7. The summed E-state index contributed by atoms with van der Waals surface area (Å²) in [4.78, 5) is 21.2. The summed E-state index contributed by atoms with van der Waals surface area (Å²) < 4.78 is 10.6. The lowest BCUT2D eigenvalue weighted by atomic mass is 10.1. The number of nitrogens with zero attached hydrogens (tertiary/aromatic N) is 1. The van der Waals surface area contributed by atoms with Crippen molar-refractivity contribution in [3.8, 4) is 34.0 Å². The molecule has 1 heterocycles. The maximum absolute atomic E-state index is 13.0. The summed E-state index contributed by atoms with van der Waals surface area (Å²) in [6, 6.07) is 23.2. The van der Waals surface area contributed by atoms with E-state index in [1.165, 1.54) is 26.0 Å². The van der Waals surface area contributed by atoms with Gasteiger partial charge in [0.25, 0.3) is 0 Å². The number of anilines is 1. The molecule has 0 bridgehead atoms. The first-order valence-corrected chi connectivity index (χ1v) is 11.9. The second-order valence-electron chi connectivity index (χ2n) is 7.43. The first-order chi connectivity index (χ1) is 16.5. The average Bonchev–Trinajstić information content (AvgIpc) is 3.29. The number of aromatic amines is 1. The minimum absolute atomic E-state index is 0.205. The number of benzene rings is 3. The highest BCUT2D eigenvalue weighted by atomic mass is 35.5. The Balaban J connectivity index is 1.58. The number of H-pyrrole nitrogens is 1. The van der Waals surface area contributed by atoms with Gasteiger partial charge in [-0.1, -0.05) is 84.0 Å². The minimum atomic E-state index is -0.441. The van der Waals surface area contributed by atoms with Crippen molar-refractivity contribution in [2.45, 2.75) is 17.3 Å². The number of ether oxygens (including phenoxy) is 2. The lowest BCUT2D eigenvalue weighted by Crippen LogP contribution is -2.22. The van der Waals surface area contributed by atoms with Crippen LogP contribution in [-0.2, 0) is 4.79 Å². The van der Waals surface area contributed by atoms with Crippen LogP contribution in [0, 0.1) is 0 Å². The van der Waals surface area contributed by atoms with E-state index in [1.807, 2.05) is 67.6 Å². The van der Waals surface area contributed by atoms with Crippen molar-refractivity contribution in [3.05, 3.63) is 77.8 Å². The third kappa shape index (κ3) is 5.21. The summed E-state index contributed by atoms with van der Waals surface area (Å²) in [6.45, 7) is 1.82. The van der Waals surface area contributed by atoms with Crippen molar-refractivity contribution in [2.75, 3.05) is 19.5 Å². The topological polar surface area (TPSA) is 76.2 Å². The molecule has 1 atom stereocenters. The summed E-state index contributed by atoms with van der Waals surface area (Å²) in [5.74, 6) is 0.724. The van der Waals surface area contributed by atoms with Gasteiger partial charge in [0.05, 0.1) is 41.6 Å². The molecule has 0 aliphatic heterocycles. The highest BCUT2D eigenvalue weighted by Crippen LogP contribution is 2.37. The van der Waals surface area contributed by atoms with E-state index >= 15 is 0 Å². The molecule has 0 saturated carbocycles. The maximum atomic E-state index is 13.0. The van der Waals surface area contributed by atoms with Crippen LogP contribution in [0.15, 0.2) is 78.0 Å². The standard InChI is InChI=1S/C26H24ClN3O3S/c1-16(25(31)28-20-14-19(27)21(32-2)15-22(20)33-3)34-26-29-23(17-10-6-4-7-11-17)24(30-26)18-12-8-5-9-13-18/h4-16H,1-3H3,(H,28,31)(H,29,30). The number of carbonyl (C=O) groups is 1. The lowest BCUT2D eigenvalue weighted by Gasteiger charge is -2.15. The number of amides is 1. The Bertz CT molecular complexity index is 1220. The molecule has 1 aromatic heterocycles. The second kappa shape index (κ2) is 10.7. The molecule has 0 aliphatic carbocycles. The number of aromatic nitrogens is 2. The average molecular weight is 494 g/mol. The van der Waals surface area contributed by atoms with Gasteiger partial charge in [0.1, 0.15) is 11.5 Å². The molecule has 8 heteroatoms. The van der Waals surface area contributed by atoms with Gasteiger partial charge >= 0.3 is 0 Å². The molecule has 1 unspecified atom stereocenters. The normalized spacial score (nSPS) is 11.6. The van der Waals surface area contributed by atoms with Crippen LogP contribution >= 0.6 is 23.4 Å². The van der Waals surface area contributed by atoms with Crippen LogP contribution in [0.2, 0.25) is 5.02 Å². The van der Waals surface area contributed by atoms with Gasteiger partial charge in [-0.2, -0.15) is 0 Å². The molecular weight excluding hydrogens is 470 g/mol. The SMILES string of the molecule is COc1cc(OC)c(NC(=O)C(C)Sc2nc(-c3ccccc3)c(-c3ccccc3)[nH]2)cc1Cl. The van der Waals surface area contributed by atoms with Crippen LogP contribution in [0.4, 0.5) is 5.69 Å². The summed E-state index contributed by atoms with van der Waals surface area (Å²) in [6.07, 6.45) is 0. The van der Waals surface area contributed by atoms with Gasteiger partial charge < -0.3 is 19.8 Å². The van der Waals surface area contributed by atoms with Gasteiger partial charge in [0, 0.05) is 17.2 Å². The fraction of sp³-hybridized carbons (Fsp3) is 0.154. The van der Waals surface area contributed by atoms with Crippen molar-refractivity contribution < 1.29 is 14.3 Å². The maximum Gasteiger partial charge on any atom is 0.237 e. The first-order valence-electron chi connectivity index (χ1n) is 10.6. The van der Waals surface area contributed by atoms with Crippen molar-refractivity contribution in [1.82, 2.24) is 9.97 Å². The zero-order valence-electron chi connectivity index (χ0n) is 19.0. The van der Waals surface area contributed by atoms with E-state index in [4.69, 9.17) is 26.1 Å². The molecule has 0 aliphatic rings. The van der Waals surface area contributed by atoms with Gasteiger partial charge in [0.2, 0.25) is 5.91 Å². The molecule has 6 nitrogen and oxygen atoms in total. The number of halogens is 1. The molecule has 0 fully saturated rings. The number of imidazole rings is 1. The van der Waals surface area contributed by atoms with Crippen LogP contribution in [0.3, 0.4) is 0 Å². The number of thioether (sulfide) groups is 1. The molecular formula is C26H24ClN3O3S. The van der Waals surface area contributed by atoms with Crippen LogP contribution in [0.5, 0.6) is 11.5 Å². The zero-order valence-corrected chi connectivity index (χ0v) is 20.5. The van der Waals surface area contributed by atoms with Crippen LogP contribution in [0.1, 0.15) is 6.92 Å². The number of nitrogens with one attached hydrogen (secondary N) is 2. The molecule has 34 heavy (non-hydrogen) atoms. The molecule has 4 rings (SSSR count). The van der Waals surface area contributed by atoms with Crippen molar-refractivity contribution >= 4 is 35.0 Å². The van der Waals surface area contributed by atoms with E-state index in [1.54, 1.807) is 12.1 Å². The van der Waals surface area contributed by atoms with Gasteiger partial charge in [-0.3, -0.25) is 4.79 Å². The Labute approximate surface area is 207 Å². The van der Waals surface area contributed by atoms with E-state index < -0.39 is 5.25 Å². The Morgan fingerprint density at radius 3 is 2.21 bits per heavy atom. The fourth-order valence-electron chi connectivity index (χ4n) is 3.44. The summed E-state index contributed by atoms with van der Waals surface area (Å²) in [7, 11) is 3.05. The second-order valence-corrected chi connectivity index (χ2v) is 9.17. The third-order valence-corrected chi connectivity index (χ3v) is 6.46. The minimum Gasteiger partial charge on any atom is -0.495 e. The fourth-order valence-corrected chi connectivity index (χ4v) is 4.49. The predicted molar refractivity (Wildman–Crippen MR) is 138 cm³/mol. The molecule has 0 radical (unpaired) electrons. The summed E-state index contributed by atoms with van der Waals surface area (Å²) in [5, 5.41) is 3.48. The molecule has 174 valence electrons. The molecule has 4 aromatic rings. The molecule has 2 N–H and O–H groups in total. The number of hydrogen-bond donors (Lipinski definition) is 2. The van der Waals surface area contributed by atoms with Gasteiger partial charge in [-0.05, 0) is 13.0 Å². The predicted octanol–water partition coefficient (Wildman–Crippen LogP) is 6.53. The van der Waals surface area contributed by atoms with Crippen molar-refractivity contribution in [1.29, 1.82) is 0 Å². The van der Waals surface area contributed by atoms with Crippen LogP contribution < -0.4 is 14.8 Å². The lowest BCUT2D eigenvalue weighted by molar-refractivity contribution is -0.115. The molecule has 0 spiro atoms. The third-order valence-electron chi connectivity index (χ3n) is 5.18.